The van der Waals surface area contributed by atoms with E-state index in [0.717, 1.165) is 55.3 Å². The maximum atomic E-state index is 12.7. The van der Waals surface area contributed by atoms with Gasteiger partial charge in [-0.05, 0) is 155 Å². The van der Waals surface area contributed by atoms with Gasteiger partial charge in [0.25, 0.3) is 0 Å². The highest BCUT2D eigenvalue weighted by Crippen LogP contribution is 2.31. The van der Waals surface area contributed by atoms with Crippen LogP contribution >= 0.6 is 50.1 Å². The Balaban J connectivity index is 0.000000407. The minimum atomic E-state index is -4.23. The van der Waals surface area contributed by atoms with E-state index in [1.165, 1.54) is 56.5 Å². The molecular formula is C49H63BrClF9IN9. The summed E-state index contributed by atoms with van der Waals surface area (Å²) in [4.78, 5) is 3.75. The molecule has 0 spiro atoms. The van der Waals surface area contributed by atoms with Crippen molar-refractivity contribution in [2.24, 2.45) is 56.4 Å². The molecule has 0 bridgehead atoms. The first kappa shape index (κ1) is 61.2. The fourth-order valence-electron chi connectivity index (χ4n) is 5.17. The van der Waals surface area contributed by atoms with E-state index in [0.29, 0.717) is 21.3 Å². The van der Waals surface area contributed by atoms with Crippen molar-refractivity contribution in [3.8, 4) is 0 Å². The summed E-state index contributed by atoms with van der Waals surface area (Å²) in [5, 5.41) is 0.810. The first-order valence-corrected chi connectivity index (χ1v) is 23.2. The molecule has 8 rings (SSSR count). The molecule has 0 atom stereocenters. The topological polar surface area (TPSA) is 52.3 Å². The lowest BCUT2D eigenvalue weighted by atomic mass is 10.3. The normalized spacial score (nSPS) is 10.8. The van der Waals surface area contributed by atoms with Crippen molar-refractivity contribution < 1.29 is 40.9 Å². The predicted octanol–water partition coefficient (Wildman–Crippen LogP) is 14.5. The van der Waals surface area contributed by atoms with E-state index in [1.54, 1.807) is 56.4 Å². The predicted molar refractivity (Wildman–Crippen MR) is 274 cm³/mol. The molecule has 0 N–H and O–H groups in total. The highest BCUT2D eigenvalue weighted by Gasteiger charge is 2.33. The second-order valence-electron chi connectivity index (χ2n) is 16.0. The van der Waals surface area contributed by atoms with Crippen molar-refractivity contribution in [3.05, 3.63) is 179 Å². The molecule has 0 aliphatic carbocycles. The monoisotopic (exact) mass is 1190 g/mol. The summed E-state index contributed by atoms with van der Waals surface area (Å²) in [5.41, 5.74) is 6.37. The summed E-state index contributed by atoms with van der Waals surface area (Å²) in [6, 6.07) is 16.2. The molecule has 0 unspecified atom stereocenters. The van der Waals surface area contributed by atoms with Crippen LogP contribution in [-0.2, 0) is 68.7 Å². The van der Waals surface area contributed by atoms with Gasteiger partial charge in [-0.1, -0.05) is 11.6 Å². The fraction of sp³-hybridized carbons (Fsp3) is 0.367. The summed E-state index contributed by atoms with van der Waals surface area (Å²) in [5.74, 6) is -0.486. The van der Waals surface area contributed by atoms with Crippen LogP contribution < -0.4 is 0 Å². The molecule has 8 heterocycles. The third-order valence-corrected chi connectivity index (χ3v) is 12.4. The zero-order valence-electron chi connectivity index (χ0n) is 43.1. The molecule has 8 aromatic rings. The number of halogens is 12. The van der Waals surface area contributed by atoms with E-state index >= 15 is 0 Å². The van der Waals surface area contributed by atoms with Crippen molar-refractivity contribution in [2.75, 3.05) is 0 Å². The Kier molecular flexibility index (Phi) is 24.6. The van der Waals surface area contributed by atoms with Crippen LogP contribution in [0.25, 0.3) is 0 Å². The van der Waals surface area contributed by atoms with E-state index in [1.807, 2.05) is 114 Å². The molecule has 0 saturated carbocycles. The van der Waals surface area contributed by atoms with Crippen LogP contribution in [0.3, 0.4) is 0 Å². The van der Waals surface area contributed by atoms with E-state index in [-0.39, 0.29) is 17.7 Å². The number of rotatable bonds is 0. The molecule has 70 heavy (non-hydrogen) atoms. The Hall–Kier alpha value is -4.96. The van der Waals surface area contributed by atoms with Crippen molar-refractivity contribution >= 4 is 50.1 Å². The summed E-state index contributed by atoms with van der Waals surface area (Å²) in [7, 11) is 14.0. The maximum absolute atomic E-state index is 12.7. The van der Waals surface area contributed by atoms with Gasteiger partial charge in [0.05, 0.1) is 25.1 Å². The average Bonchev–Trinajstić information content (AvgIpc) is 4.17. The first-order valence-electron chi connectivity index (χ1n) is 21.5. The zero-order valence-corrected chi connectivity index (χ0v) is 46.6. The van der Waals surface area contributed by atoms with Crippen LogP contribution in [0.2, 0.25) is 5.02 Å². The van der Waals surface area contributed by atoms with Crippen LogP contribution in [0.5, 0.6) is 0 Å². The molecule has 21 heteroatoms. The molecule has 0 aliphatic rings. The smallest absolute Gasteiger partial charge is 0.354 e. The van der Waals surface area contributed by atoms with E-state index in [9.17, 15) is 39.5 Å². The molecule has 8 aromatic heterocycles. The van der Waals surface area contributed by atoms with Gasteiger partial charge in [0.1, 0.15) is 12.9 Å². The summed E-state index contributed by atoms with van der Waals surface area (Å²) in [6.07, 6.45) is -2.03. The lowest BCUT2D eigenvalue weighted by molar-refractivity contribution is -0.143. The van der Waals surface area contributed by atoms with Crippen molar-refractivity contribution in [2.45, 2.75) is 67.7 Å². The number of imidazole rings is 1. The van der Waals surface area contributed by atoms with Gasteiger partial charge in [-0.2, -0.15) is 35.1 Å². The number of aromatic nitrogens is 9. The van der Waals surface area contributed by atoms with Crippen LogP contribution in [0.15, 0.2) is 96.4 Å². The molecule has 0 saturated heterocycles. The summed E-state index contributed by atoms with van der Waals surface area (Å²) in [6.45, 7) is 14.9. The molecule has 0 radical (unpaired) electrons. The van der Waals surface area contributed by atoms with Gasteiger partial charge in [0.2, 0.25) is 5.95 Å². The molecule has 0 aliphatic heterocycles. The molecule has 9 nitrogen and oxygen atoms in total. The van der Waals surface area contributed by atoms with Crippen LogP contribution in [-0.4, -0.2) is 41.5 Å². The van der Waals surface area contributed by atoms with Gasteiger partial charge < -0.3 is 36.5 Å². The minimum Gasteiger partial charge on any atom is -0.354 e. The Labute approximate surface area is 433 Å². The summed E-state index contributed by atoms with van der Waals surface area (Å²) >= 11 is 11.0. The fourth-order valence-corrected chi connectivity index (χ4v) is 6.70. The van der Waals surface area contributed by atoms with Crippen molar-refractivity contribution in [1.82, 2.24) is 41.5 Å². The lowest BCUT2D eigenvalue weighted by Gasteiger charge is -2.07. The number of nitrogens with zero attached hydrogens (tertiary/aromatic N) is 9. The third kappa shape index (κ3) is 20.8. The largest absolute Gasteiger partial charge is 0.431 e. The summed E-state index contributed by atoms with van der Waals surface area (Å²) < 4.78 is 131. The Morgan fingerprint density at radius 3 is 1.16 bits per heavy atom. The quantitative estimate of drug-likeness (QED) is 0.110. The average molecular weight is 1190 g/mol. The standard InChI is InChI=1S/2C7H8F3N.C6H8BrN.C6H8ClN.C6H7FIN.2C6H8FN.C5H8N2/c1-5-3-6(4-11(5)2)7(8,9)10;1-5-3-4-6(11(5)2)7(8,9)10;1-5-3-4-6(7)8(5)2;1-5-3-6(7)4-8(5)2;1-4-3-5(8)6(7)9(4)2;1-5-3-6(7)4-8(5)2;1-5-3-4-6(7)8(5)2;1-5-3-6-4-7(5)2/h2*3-4H,1-2H3;2*3-4H,1-2H3;3H,1-2H3;2*3-4H,1-2H3;3-4H,1-2H3/i;;;;;;;4D. The SMILES string of the molecule is Cc1cc(C(F)(F)F)cn1C.Cc1cc(Cl)cn1C.Cc1cc(F)cn1C.Cc1cc(I)c(F)n1C.Cc1ccc(Br)n1C.Cc1ccc(C(F)(F)F)n1C.Cc1ccc(F)n1C.[2H]c1ncc(C)n1C. The second-order valence-corrected chi connectivity index (χ2v) is 18.4. The van der Waals surface area contributed by atoms with Gasteiger partial charge in [-0.15, -0.1) is 0 Å². The number of alkyl halides is 6. The molecule has 388 valence electrons. The Morgan fingerprint density at radius 2 is 1.01 bits per heavy atom. The minimum absolute atomic E-state index is 0.145. The van der Waals surface area contributed by atoms with Gasteiger partial charge in [-0.3, -0.25) is 0 Å². The van der Waals surface area contributed by atoms with Gasteiger partial charge in [-0.25, -0.2) is 9.37 Å². The third-order valence-electron chi connectivity index (χ3n) is 10.7. The van der Waals surface area contributed by atoms with Crippen LogP contribution in [0.1, 0.15) is 58.2 Å². The molecular weight excluding hydrogens is 1130 g/mol. The van der Waals surface area contributed by atoms with Crippen LogP contribution in [0, 0.1) is 76.7 Å². The highest BCUT2D eigenvalue weighted by atomic mass is 127. The number of hydrogen-bond acceptors (Lipinski definition) is 1. The highest BCUT2D eigenvalue weighted by molar-refractivity contribution is 14.1. The number of hydrogen-bond donors (Lipinski definition) is 0. The van der Waals surface area contributed by atoms with Gasteiger partial charge >= 0.3 is 12.4 Å². The Bertz CT molecular complexity index is 2580. The molecule has 0 aromatic carbocycles. The van der Waals surface area contributed by atoms with E-state index in [4.69, 9.17) is 13.0 Å². The van der Waals surface area contributed by atoms with E-state index < -0.39 is 23.6 Å². The maximum Gasteiger partial charge on any atom is 0.431 e. The van der Waals surface area contributed by atoms with Gasteiger partial charge in [0, 0.05) is 127 Å². The van der Waals surface area contributed by atoms with Gasteiger partial charge in [0.15, 0.2) is 5.95 Å². The molecule has 0 amide bonds. The first-order chi connectivity index (χ1) is 32.5. The Morgan fingerprint density at radius 1 is 0.529 bits per heavy atom. The zero-order chi connectivity index (χ0) is 55.0. The molecule has 0 fully saturated rings. The van der Waals surface area contributed by atoms with Crippen molar-refractivity contribution in [1.29, 1.82) is 0 Å². The number of aryl methyl sites for hydroxylation is 11. The second kappa shape index (κ2) is 28.2. The lowest BCUT2D eigenvalue weighted by Crippen LogP contribution is -2.11. The van der Waals surface area contributed by atoms with E-state index in [2.05, 4.69) is 38.5 Å². The van der Waals surface area contributed by atoms with Crippen molar-refractivity contribution in [3.63, 3.8) is 0 Å². The van der Waals surface area contributed by atoms with Crippen LogP contribution in [0.4, 0.5) is 39.5 Å².